The van der Waals surface area contributed by atoms with Crippen molar-refractivity contribution >= 4 is 23.4 Å². The van der Waals surface area contributed by atoms with Crippen LogP contribution in [0.15, 0.2) is 47.6 Å². The summed E-state index contributed by atoms with van der Waals surface area (Å²) in [6, 6.07) is 13.2. The molecule has 3 rings (SSSR count). The Morgan fingerprint density at radius 2 is 1.90 bits per heavy atom. The lowest BCUT2D eigenvalue weighted by Gasteiger charge is -2.17. The Morgan fingerprint density at radius 1 is 1.16 bits per heavy atom. The molecule has 3 aromatic rings. The van der Waals surface area contributed by atoms with E-state index < -0.39 is 0 Å². The van der Waals surface area contributed by atoms with E-state index in [-0.39, 0.29) is 17.8 Å². The maximum atomic E-state index is 12.3. The lowest BCUT2D eigenvalue weighted by atomic mass is 10.1. The van der Waals surface area contributed by atoms with Crippen molar-refractivity contribution in [2.45, 2.75) is 45.5 Å². The van der Waals surface area contributed by atoms with Crippen LogP contribution in [0, 0.1) is 13.8 Å². The van der Waals surface area contributed by atoms with Crippen LogP contribution < -0.4 is 14.8 Å². The quantitative estimate of drug-likeness (QED) is 0.482. The zero-order valence-corrected chi connectivity index (χ0v) is 19.3. The molecule has 0 fully saturated rings. The number of rotatable bonds is 9. The Labute approximate surface area is 187 Å². The van der Waals surface area contributed by atoms with E-state index in [0.29, 0.717) is 11.7 Å². The number of hydrogen-bond donors (Lipinski definition) is 1. The maximum Gasteiger partial charge on any atom is 0.234 e. The zero-order chi connectivity index (χ0) is 22.4. The Bertz CT molecular complexity index is 1030. The molecule has 0 aliphatic heterocycles. The number of nitrogens with one attached hydrogen (secondary N) is 1. The number of hydrogen-bond acceptors (Lipinski definition) is 6. The second kappa shape index (κ2) is 10.3. The first-order valence-corrected chi connectivity index (χ1v) is 11.1. The first kappa shape index (κ1) is 22.7. The number of carbonyl (C=O) groups is 1. The van der Waals surface area contributed by atoms with E-state index in [2.05, 4.69) is 28.5 Å². The molecule has 0 spiro atoms. The normalized spacial score (nSPS) is 11.8. The van der Waals surface area contributed by atoms with Gasteiger partial charge in [-0.05, 0) is 69.2 Å². The van der Waals surface area contributed by atoms with Gasteiger partial charge in [0, 0.05) is 12.2 Å². The van der Waals surface area contributed by atoms with Gasteiger partial charge in [-0.25, -0.2) is 0 Å². The van der Waals surface area contributed by atoms with E-state index >= 15 is 0 Å². The van der Waals surface area contributed by atoms with Gasteiger partial charge in [0.2, 0.25) is 5.91 Å². The van der Waals surface area contributed by atoms with Gasteiger partial charge in [-0.2, -0.15) is 0 Å². The van der Waals surface area contributed by atoms with Gasteiger partial charge in [-0.15, -0.1) is 10.2 Å². The average Bonchev–Trinajstić information content (AvgIpc) is 3.19. The fraction of sp³-hybridized carbons (Fsp3) is 0.348. The molecule has 1 aromatic heterocycles. The largest absolute Gasteiger partial charge is 0.497 e. The lowest BCUT2D eigenvalue weighted by Crippen LogP contribution is -2.15. The summed E-state index contributed by atoms with van der Waals surface area (Å²) < 4.78 is 13.3. The molecule has 7 nitrogen and oxygen atoms in total. The summed E-state index contributed by atoms with van der Waals surface area (Å²) in [4.78, 5) is 12.3. The van der Waals surface area contributed by atoms with Crippen molar-refractivity contribution in [2.24, 2.45) is 0 Å². The third-order valence-corrected chi connectivity index (χ3v) is 5.96. The van der Waals surface area contributed by atoms with Crippen molar-refractivity contribution in [1.82, 2.24) is 14.8 Å². The van der Waals surface area contributed by atoms with E-state index in [1.807, 2.05) is 37.5 Å². The molecule has 1 amide bonds. The highest BCUT2D eigenvalue weighted by Crippen LogP contribution is 2.28. The highest BCUT2D eigenvalue weighted by Gasteiger charge is 2.20. The predicted molar refractivity (Wildman–Crippen MR) is 123 cm³/mol. The predicted octanol–water partition coefficient (Wildman–Crippen LogP) is 4.79. The molecule has 164 valence electrons. The Hall–Kier alpha value is -3.00. The van der Waals surface area contributed by atoms with E-state index in [4.69, 9.17) is 9.47 Å². The molecule has 2 aromatic carbocycles. The standard InChI is InChI=1S/C23H28N4O3S/c1-6-27-22(17(4)30-20-9-7-8-15(2)16(20)3)25-26-23(27)31-14-21(28)24-18-10-12-19(29-5)13-11-18/h7-13,17H,6,14H2,1-5H3,(H,24,28). The Balaban J connectivity index is 1.63. The zero-order valence-electron chi connectivity index (χ0n) is 18.5. The van der Waals surface area contributed by atoms with Crippen LogP contribution >= 0.6 is 11.8 Å². The summed E-state index contributed by atoms with van der Waals surface area (Å²) >= 11 is 1.35. The van der Waals surface area contributed by atoms with Crippen molar-refractivity contribution in [3.63, 3.8) is 0 Å². The molecule has 1 unspecified atom stereocenters. The molecular weight excluding hydrogens is 412 g/mol. The highest BCUT2D eigenvalue weighted by atomic mass is 32.2. The van der Waals surface area contributed by atoms with E-state index in [9.17, 15) is 4.79 Å². The fourth-order valence-electron chi connectivity index (χ4n) is 3.10. The molecule has 1 heterocycles. The first-order chi connectivity index (χ1) is 14.9. The van der Waals surface area contributed by atoms with Gasteiger partial charge in [0.05, 0.1) is 12.9 Å². The van der Waals surface area contributed by atoms with Crippen LogP contribution in [-0.4, -0.2) is 33.5 Å². The van der Waals surface area contributed by atoms with Crippen LogP contribution in [0.3, 0.4) is 0 Å². The topological polar surface area (TPSA) is 78.3 Å². The molecular formula is C23H28N4O3S. The molecule has 31 heavy (non-hydrogen) atoms. The maximum absolute atomic E-state index is 12.3. The number of anilines is 1. The van der Waals surface area contributed by atoms with Gasteiger partial charge in [-0.1, -0.05) is 23.9 Å². The average molecular weight is 441 g/mol. The Kier molecular flexibility index (Phi) is 7.57. The minimum atomic E-state index is -0.268. The molecule has 1 atom stereocenters. The smallest absolute Gasteiger partial charge is 0.234 e. The number of benzene rings is 2. The van der Waals surface area contributed by atoms with Crippen molar-refractivity contribution in [3.8, 4) is 11.5 Å². The number of amides is 1. The van der Waals surface area contributed by atoms with Crippen molar-refractivity contribution in [3.05, 3.63) is 59.4 Å². The molecule has 8 heteroatoms. The minimum absolute atomic E-state index is 0.109. The van der Waals surface area contributed by atoms with Crippen LogP contribution in [0.4, 0.5) is 5.69 Å². The lowest BCUT2D eigenvalue weighted by molar-refractivity contribution is -0.113. The summed E-state index contributed by atoms with van der Waals surface area (Å²) in [5.74, 6) is 2.44. The van der Waals surface area contributed by atoms with Crippen molar-refractivity contribution < 1.29 is 14.3 Å². The summed E-state index contributed by atoms with van der Waals surface area (Å²) in [7, 11) is 1.61. The van der Waals surface area contributed by atoms with Crippen LogP contribution in [0.1, 0.15) is 36.9 Å². The number of carbonyl (C=O) groups excluding carboxylic acids is 1. The van der Waals surface area contributed by atoms with Gasteiger partial charge >= 0.3 is 0 Å². The van der Waals surface area contributed by atoms with Crippen LogP contribution in [0.25, 0.3) is 0 Å². The van der Waals surface area contributed by atoms with Crippen molar-refractivity contribution in [1.29, 1.82) is 0 Å². The number of methoxy groups -OCH3 is 1. The highest BCUT2D eigenvalue weighted by molar-refractivity contribution is 7.99. The summed E-state index contributed by atoms with van der Waals surface area (Å²) in [5.41, 5.74) is 3.02. The molecule has 0 aliphatic rings. The second-order valence-electron chi connectivity index (χ2n) is 7.11. The fourth-order valence-corrected chi connectivity index (χ4v) is 3.91. The third kappa shape index (κ3) is 5.58. The number of aryl methyl sites for hydroxylation is 1. The van der Waals surface area contributed by atoms with Gasteiger partial charge in [0.1, 0.15) is 11.5 Å². The van der Waals surface area contributed by atoms with Gasteiger partial charge < -0.3 is 19.4 Å². The molecule has 0 saturated carbocycles. The number of aromatic nitrogens is 3. The van der Waals surface area contributed by atoms with Gasteiger partial charge in [0.25, 0.3) is 0 Å². The molecule has 0 radical (unpaired) electrons. The summed E-state index contributed by atoms with van der Waals surface area (Å²) in [6.07, 6.45) is -0.268. The molecule has 1 N–H and O–H groups in total. The monoisotopic (exact) mass is 440 g/mol. The van der Waals surface area contributed by atoms with Gasteiger partial charge in [-0.3, -0.25) is 4.79 Å². The molecule has 0 bridgehead atoms. The second-order valence-corrected chi connectivity index (χ2v) is 8.05. The first-order valence-electron chi connectivity index (χ1n) is 10.2. The van der Waals surface area contributed by atoms with E-state index in [0.717, 1.165) is 28.6 Å². The third-order valence-electron chi connectivity index (χ3n) is 4.99. The van der Waals surface area contributed by atoms with Crippen LogP contribution in [0.2, 0.25) is 0 Å². The SMILES string of the molecule is CCn1c(SCC(=O)Nc2ccc(OC)cc2)nnc1C(C)Oc1cccc(C)c1C. The van der Waals surface area contributed by atoms with E-state index in [1.165, 1.54) is 17.3 Å². The summed E-state index contributed by atoms with van der Waals surface area (Å²) in [6.45, 7) is 8.78. The van der Waals surface area contributed by atoms with E-state index in [1.54, 1.807) is 31.4 Å². The van der Waals surface area contributed by atoms with Crippen LogP contribution in [0.5, 0.6) is 11.5 Å². The number of thioether (sulfide) groups is 1. The van der Waals surface area contributed by atoms with Crippen LogP contribution in [-0.2, 0) is 11.3 Å². The minimum Gasteiger partial charge on any atom is -0.497 e. The number of nitrogens with zero attached hydrogens (tertiary/aromatic N) is 3. The van der Waals surface area contributed by atoms with Gasteiger partial charge in [0.15, 0.2) is 17.1 Å². The van der Waals surface area contributed by atoms with Crippen molar-refractivity contribution in [2.75, 3.05) is 18.2 Å². The molecule has 0 aliphatic carbocycles. The summed E-state index contributed by atoms with van der Waals surface area (Å²) in [5, 5.41) is 12.2. The number of ether oxygens (including phenoxy) is 2. The molecule has 0 saturated heterocycles. The Morgan fingerprint density at radius 3 is 2.58 bits per heavy atom.